The zero-order valence-corrected chi connectivity index (χ0v) is 12.3. The van der Waals surface area contributed by atoms with Gasteiger partial charge >= 0.3 is 0 Å². The minimum Gasteiger partial charge on any atom is -0.299 e. The molecule has 2 fully saturated rings. The van der Waals surface area contributed by atoms with E-state index in [9.17, 15) is 4.79 Å². The van der Waals surface area contributed by atoms with Crippen LogP contribution >= 0.6 is 0 Å². The van der Waals surface area contributed by atoms with E-state index in [1.54, 1.807) is 0 Å². The highest BCUT2D eigenvalue weighted by Gasteiger charge is 2.32. The molecule has 0 saturated heterocycles. The average Bonchev–Trinajstić information content (AvgIpc) is 2.39. The summed E-state index contributed by atoms with van der Waals surface area (Å²) in [6.07, 6.45) is 12.7. The monoisotopic (exact) mass is 250 g/mol. The van der Waals surface area contributed by atoms with E-state index in [-0.39, 0.29) is 0 Å². The third kappa shape index (κ3) is 3.59. The standard InChI is InChI=1S/C17H30O/c1-3-5-14-8-10-15(11-9-14)17(18)16-7-4-6-13(2)12-16/h13-16H,3-12H2,1-2H3. The lowest BCUT2D eigenvalue weighted by atomic mass is 9.72. The zero-order valence-electron chi connectivity index (χ0n) is 12.3. The molecule has 1 heteroatoms. The Hall–Kier alpha value is -0.330. The Labute approximate surface area is 113 Å². The number of carbonyl (C=O) groups excluding carboxylic acids is 1. The third-order valence-electron chi connectivity index (χ3n) is 5.28. The molecule has 0 amide bonds. The maximum absolute atomic E-state index is 12.6. The third-order valence-corrected chi connectivity index (χ3v) is 5.28. The Morgan fingerprint density at radius 1 is 1.00 bits per heavy atom. The van der Waals surface area contributed by atoms with E-state index in [0.717, 1.165) is 11.8 Å². The molecule has 2 unspecified atom stereocenters. The van der Waals surface area contributed by atoms with Crippen molar-refractivity contribution in [1.29, 1.82) is 0 Å². The number of hydrogen-bond donors (Lipinski definition) is 0. The summed E-state index contributed by atoms with van der Waals surface area (Å²) in [5, 5.41) is 0. The van der Waals surface area contributed by atoms with Crippen molar-refractivity contribution < 1.29 is 4.79 Å². The Kier molecular flexibility index (Phi) is 5.26. The minimum atomic E-state index is 0.418. The number of rotatable bonds is 4. The van der Waals surface area contributed by atoms with Crippen LogP contribution in [0.25, 0.3) is 0 Å². The molecule has 1 nitrogen and oxygen atoms in total. The van der Waals surface area contributed by atoms with E-state index < -0.39 is 0 Å². The molecule has 0 heterocycles. The molecule has 2 saturated carbocycles. The first-order valence-corrected chi connectivity index (χ1v) is 8.24. The second kappa shape index (κ2) is 6.73. The zero-order chi connectivity index (χ0) is 13.0. The summed E-state index contributed by atoms with van der Waals surface area (Å²) >= 11 is 0. The van der Waals surface area contributed by atoms with Crippen LogP contribution in [0.1, 0.15) is 78.1 Å². The molecule has 2 aliphatic rings. The predicted molar refractivity (Wildman–Crippen MR) is 76.5 cm³/mol. The first kappa shape index (κ1) is 14.1. The van der Waals surface area contributed by atoms with Crippen LogP contribution in [0.5, 0.6) is 0 Å². The Morgan fingerprint density at radius 3 is 2.33 bits per heavy atom. The van der Waals surface area contributed by atoms with Crippen molar-refractivity contribution in [2.24, 2.45) is 23.7 Å². The van der Waals surface area contributed by atoms with Crippen molar-refractivity contribution >= 4 is 5.78 Å². The molecule has 0 aromatic heterocycles. The molecule has 18 heavy (non-hydrogen) atoms. The quantitative estimate of drug-likeness (QED) is 0.687. The van der Waals surface area contributed by atoms with Crippen LogP contribution < -0.4 is 0 Å². The molecule has 0 bridgehead atoms. The van der Waals surface area contributed by atoms with Gasteiger partial charge in [0.05, 0.1) is 0 Å². The number of ketones is 1. The van der Waals surface area contributed by atoms with Gasteiger partial charge in [-0.05, 0) is 50.4 Å². The molecule has 104 valence electrons. The summed E-state index contributed by atoms with van der Waals surface area (Å²) < 4.78 is 0. The largest absolute Gasteiger partial charge is 0.299 e. The highest BCUT2D eigenvalue weighted by Crippen LogP contribution is 2.37. The molecule has 2 atom stereocenters. The van der Waals surface area contributed by atoms with Gasteiger partial charge in [-0.25, -0.2) is 0 Å². The van der Waals surface area contributed by atoms with Crippen LogP contribution in [0.2, 0.25) is 0 Å². The normalized spacial score (nSPS) is 37.4. The van der Waals surface area contributed by atoms with Crippen molar-refractivity contribution in [3.05, 3.63) is 0 Å². The van der Waals surface area contributed by atoms with Gasteiger partial charge in [0.15, 0.2) is 0 Å². The highest BCUT2D eigenvalue weighted by molar-refractivity contribution is 5.83. The number of carbonyl (C=O) groups is 1. The fourth-order valence-electron chi connectivity index (χ4n) is 4.17. The van der Waals surface area contributed by atoms with Gasteiger partial charge in [-0.3, -0.25) is 4.79 Å². The van der Waals surface area contributed by atoms with Gasteiger partial charge in [-0.15, -0.1) is 0 Å². The van der Waals surface area contributed by atoms with Gasteiger partial charge in [-0.1, -0.05) is 39.5 Å². The van der Waals surface area contributed by atoms with Crippen LogP contribution in [-0.2, 0) is 4.79 Å². The summed E-state index contributed by atoms with van der Waals surface area (Å²) in [5.41, 5.74) is 0. The van der Waals surface area contributed by atoms with Crippen molar-refractivity contribution in [2.75, 3.05) is 0 Å². The topological polar surface area (TPSA) is 17.1 Å². The maximum Gasteiger partial charge on any atom is 0.139 e. The van der Waals surface area contributed by atoms with E-state index in [4.69, 9.17) is 0 Å². The van der Waals surface area contributed by atoms with Crippen LogP contribution in [0, 0.1) is 23.7 Å². The average molecular weight is 250 g/mol. The van der Waals surface area contributed by atoms with Gasteiger partial charge in [-0.2, -0.15) is 0 Å². The molecule has 0 N–H and O–H groups in total. The van der Waals surface area contributed by atoms with E-state index in [1.807, 2.05) is 0 Å². The van der Waals surface area contributed by atoms with Gasteiger partial charge in [0.25, 0.3) is 0 Å². The maximum atomic E-state index is 12.6. The van der Waals surface area contributed by atoms with Gasteiger partial charge in [0, 0.05) is 11.8 Å². The van der Waals surface area contributed by atoms with Crippen LogP contribution in [0.3, 0.4) is 0 Å². The SMILES string of the molecule is CCCC1CCC(C(=O)C2CCCC(C)C2)CC1. The first-order valence-electron chi connectivity index (χ1n) is 8.24. The van der Waals surface area contributed by atoms with Crippen molar-refractivity contribution in [3.8, 4) is 0 Å². The molecule has 2 rings (SSSR count). The lowest BCUT2D eigenvalue weighted by molar-refractivity contribution is -0.129. The predicted octanol–water partition coefficient (Wildman–Crippen LogP) is 4.99. The van der Waals surface area contributed by atoms with Gasteiger partial charge in [0.2, 0.25) is 0 Å². The molecule has 0 radical (unpaired) electrons. The second-order valence-electron chi connectivity index (χ2n) is 6.88. The fraction of sp³-hybridized carbons (Fsp3) is 0.941. The lowest BCUT2D eigenvalue weighted by Crippen LogP contribution is -2.30. The smallest absolute Gasteiger partial charge is 0.139 e. The van der Waals surface area contributed by atoms with Crippen LogP contribution in [0.4, 0.5) is 0 Å². The molecule has 2 aliphatic carbocycles. The molecule has 0 aromatic rings. The van der Waals surface area contributed by atoms with Gasteiger partial charge in [0.1, 0.15) is 5.78 Å². The lowest BCUT2D eigenvalue weighted by Gasteiger charge is -2.32. The highest BCUT2D eigenvalue weighted by atomic mass is 16.1. The van der Waals surface area contributed by atoms with Crippen molar-refractivity contribution in [2.45, 2.75) is 78.1 Å². The summed E-state index contributed by atoms with van der Waals surface area (Å²) in [4.78, 5) is 12.6. The molecular weight excluding hydrogens is 220 g/mol. The van der Waals surface area contributed by atoms with Crippen molar-refractivity contribution in [3.63, 3.8) is 0 Å². The number of Topliss-reactive ketones (excluding diaryl/α,β-unsaturated/α-hetero) is 1. The molecular formula is C17H30O. The van der Waals surface area contributed by atoms with E-state index in [2.05, 4.69) is 13.8 Å². The van der Waals surface area contributed by atoms with E-state index in [0.29, 0.717) is 17.6 Å². The minimum absolute atomic E-state index is 0.418. The Balaban J connectivity index is 1.80. The summed E-state index contributed by atoms with van der Waals surface area (Å²) in [6, 6.07) is 0. The van der Waals surface area contributed by atoms with Crippen LogP contribution in [-0.4, -0.2) is 5.78 Å². The van der Waals surface area contributed by atoms with E-state index >= 15 is 0 Å². The Bertz CT molecular complexity index is 263. The summed E-state index contributed by atoms with van der Waals surface area (Å²) in [5.74, 6) is 3.18. The molecule has 0 aromatic carbocycles. The van der Waals surface area contributed by atoms with Crippen LogP contribution in [0.15, 0.2) is 0 Å². The summed E-state index contributed by atoms with van der Waals surface area (Å²) in [7, 11) is 0. The summed E-state index contributed by atoms with van der Waals surface area (Å²) in [6.45, 7) is 4.60. The molecule has 0 spiro atoms. The Morgan fingerprint density at radius 2 is 1.72 bits per heavy atom. The van der Waals surface area contributed by atoms with Gasteiger partial charge < -0.3 is 0 Å². The van der Waals surface area contributed by atoms with E-state index in [1.165, 1.54) is 64.2 Å². The molecule has 0 aliphatic heterocycles. The second-order valence-corrected chi connectivity index (χ2v) is 6.88. The van der Waals surface area contributed by atoms with Crippen molar-refractivity contribution in [1.82, 2.24) is 0 Å². The fourth-order valence-corrected chi connectivity index (χ4v) is 4.17. The first-order chi connectivity index (χ1) is 8.70. The number of hydrogen-bond acceptors (Lipinski definition) is 1.